The van der Waals surface area contributed by atoms with E-state index in [-0.39, 0.29) is 30.5 Å². The smallest absolute Gasteiger partial charge is 0.303 e. The number of carbonyl (C=O) groups excluding carboxylic acids is 1. The first-order valence-corrected chi connectivity index (χ1v) is 10.2. The van der Waals surface area contributed by atoms with Crippen LogP contribution in [0.4, 0.5) is 8.78 Å². The van der Waals surface area contributed by atoms with Gasteiger partial charge in [0.2, 0.25) is 0 Å². The highest BCUT2D eigenvalue weighted by molar-refractivity contribution is 5.95. The van der Waals surface area contributed by atoms with Gasteiger partial charge < -0.3 is 10.2 Å². The fourth-order valence-corrected chi connectivity index (χ4v) is 4.06. The molecule has 2 N–H and O–H groups in total. The number of aliphatic hydroxyl groups excluding tert-OH is 1. The van der Waals surface area contributed by atoms with Gasteiger partial charge in [-0.05, 0) is 50.5 Å². The van der Waals surface area contributed by atoms with Gasteiger partial charge in [-0.3, -0.25) is 9.59 Å². The molecule has 0 bridgehead atoms. The third kappa shape index (κ3) is 7.46. The number of aliphatic hydroxyl groups is 1. The lowest BCUT2D eigenvalue weighted by Crippen LogP contribution is -2.37. The van der Waals surface area contributed by atoms with Crippen LogP contribution in [0.1, 0.15) is 72.1 Å². The standard InChI is InChI=1S/C22H34F2O4/c1-4-5-11-19(26)22(23,24)14-16(3)21-15(2)13-18(25)17(21)10-8-6-7-9-12-20(27)28/h6,8,13,16-17,19,21,26H,4-5,7,9-12,14H2,1-3H3,(H,27,28)/b8-6-/t16?,17-,19?,21+/m0/s1. The maximum Gasteiger partial charge on any atom is 0.303 e. The van der Waals surface area contributed by atoms with Gasteiger partial charge in [0.05, 0.1) is 0 Å². The Morgan fingerprint density at radius 3 is 2.61 bits per heavy atom. The Labute approximate surface area is 166 Å². The van der Waals surface area contributed by atoms with Crippen molar-refractivity contribution in [3.63, 3.8) is 0 Å². The number of hydrogen-bond donors (Lipinski definition) is 2. The van der Waals surface area contributed by atoms with E-state index in [0.29, 0.717) is 25.7 Å². The molecule has 0 aromatic heterocycles. The molecule has 0 aromatic rings. The molecule has 0 radical (unpaired) electrons. The van der Waals surface area contributed by atoms with Crippen molar-refractivity contribution in [2.75, 3.05) is 0 Å². The quantitative estimate of drug-likeness (QED) is 0.331. The van der Waals surface area contributed by atoms with Gasteiger partial charge in [-0.2, -0.15) is 0 Å². The van der Waals surface area contributed by atoms with Crippen LogP contribution in [-0.4, -0.2) is 34.0 Å². The Kier molecular flexibility index (Phi) is 10.0. The van der Waals surface area contributed by atoms with Gasteiger partial charge in [-0.15, -0.1) is 0 Å². The maximum absolute atomic E-state index is 14.4. The van der Waals surface area contributed by atoms with Gasteiger partial charge in [-0.25, -0.2) is 8.78 Å². The van der Waals surface area contributed by atoms with E-state index < -0.39 is 30.3 Å². The van der Waals surface area contributed by atoms with Gasteiger partial charge in [0.15, 0.2) is 5.78 Å². The minimum Gasteiger partial charge on any atom is -0.481 e. The van der Waals surface area contributed by atoms with E-state index in [1.165, 1.54) is 0 Å². The van der Waals surface area contributed by atoms with E-state index in [1.807, 2.05) is 19.1 Å². The van der Waals surface area contributed by atoms with Crippen LogP contribution in [0.25, 0.3) is 0 Å². The fourth-order valence-electron chi connectivity index (χ4n) is 4.06. The molecule has 1 aliphatic rings. The van der Waals surface area contributed by atoms with Gasteiger partial charge >= 0.3 is 5.97 Å². The second-order valence-corrected chi connectivity index (χ2v) is 8.02. The van der Waals surface area contributed by atoms with Crippen molar-refractivity contribution < 1.29 is 28.6 Å². The van der Waals surface area contributed by atoms with E-state index in [9.17, 15) is 23.5 Å². The number of rotatable bonds is 13. The third-order valence-electron chi connectivity index (χ3n) is 5.54. The molecule has 4 nitrogen and oxygen atoms in total. The summed E-state index contributed by atoms with van der Waals surface area (Å²) in [5.41, 5.74) is 0.820. The summed E-state index contributed by atoms with van der Waals surface area (Å²) in [4.78, 5) is 22.8. The van der Waals surface area contributed by atoms with Gasteiger partial charge in [0.1, 0.15) is 6.10 Å². The number of allylic oxidation sites excluding steroid dienone is 4. The van der Waals surface area contributed by atoms with Crippen molar-refractivity contribution >= 4 is 11.8 Å². The molecule has 160 valence electrons. The van der Waals surface area contributed by atoms with E-state index in [2.05, 4.69) is 0 Å². The molecule has 0 saturated carbocycles. The summed E-state index contributed by atoms with van der Waals surface area (Å²) in [5, 5.41) is 18.5. The Morgan fingerprint density at radius 1 is 1.32 bits per heavy atom. The maximum atomic E-state index is 14.4. The molecule has 1 rings (SSSR count). The number of hydrogen-bond acceptors (Lipinski definition) is 3. The van der Waals surface area contributed by atoms with Crippen molar-refractivity contribution in [3.8, 4) is 0 Å². The second-order valence-electron chi connectivity index (χ2n) is 8.02. The number of alkyl halides is 2. The molecule has 1 aliphatic carbocycles. The van der Waals surface area contributed by atoms with E-state index in [4.69, 9.17) is 5.11 Å². The first-order chi connectivity index (χ1) is 13.1. The topological polar surface area (TPSA) is 74.6 Å². The van der Waals surface area contributed by atoms with Crippen molar-refractivity contribution in [1.82, 2.24) is 0 Å². The number of halogens is 2. The zero-order valence-electron chi connectivity index (χ0n) is 17.2. The predicted molar refractivity (Wildman–Crippen MR) is 105 cm³/mol. The zero-order chi connectivity index (χ0) is 21.3. The lowest BCUT2D eigenvalue weighted by molar-refractivity contribution is -0.137. The number of carboxylic acids is 1. The monoisotopic (exact) mass is 400 g/mol. The second kappa shape index (κ2) is 11.4. The summed E-state index contributed by atoms with van der Waals surface area (Å²) in [7, 11) is 0. The van der Waals surface area contributed by atoms with Crippen molar-refractivity contribution in [2.24, 2.45) is 17.8 Å². The van der Waals surface area contributed by atoms with Gasteiger partial charge in [0.25, 0.3) is 5.92 Å². The first kappa shape index (κ1) is 24.5. The van der Waals surface area contributed by atoms with Gasteiger partial charge in [0, 0.05) is 18.8 Å². The molecule has 4 atom stereocenters. The molecule has 28 heavy (non-hydrogen) atoms. The van der Waals surface area contributed by atoms with Crippen LogP contribution in [-0.2, 0) is 9.59 Å². The predicted octanol–water partition coefficient (Wildman–Crippen LogP) is 5.16. The number of ketones is 1. The summed E-state index contributed by atoms with van der Waals surface area (Å²) in [6, 6.07) is 0. The van der Waals surface area contributed by atoms with Crippen molar-refractivity contribution in [1.29, 1.82) is 0 Å². The number of carbonyl (C=O) groups is 2. The van der Waals surface area contributed by atoms with Crippen LogP contribution in [0.2, 0.25) is 0 Å². The van der Waals surface area contributed by atoms with E-state index >= 15 is 0 Å². The summed E-state index contributed by atoms with van der Waals surface area (Å²) in [6.07, 6.45) is 6.26. The molecule has 0 amide bonds. The number of unbranched alkanes of at least 4 members (excludes halogenated alkanes) is 2. The average molecular weight is 401 g/mol. The molecule has 0 aromatic carbocycles. The molecule has 2 unspecified atom stereocenters. The lowest BCUT2D eigenvalue weighted by Gasteiger charge is -2.31. The van der Waals surface area contributed by atoms with Crippen LogP contribution >= 0.6 is 0 Å². The Hall–Kier alpha value is -1.56. The SMILES string of the molecule is CCCCC(O)C(F)(F)CC(C)[C@H]1C(C)=CC(=O)[C@@H]1C/C=C\CCCC(=O)O. The van der Waals surface area contributed by atoms with Crippen LogP contribution in [0.15, 0.2) is 23.8 Å². The summed E-state index contributed by atoms with van der Waals surface area (Å²) in [6.45, 7) is 5.43. The molecule has 6 heteroatoms. The third-order valence-corrected chi connectivity index (χ3v) is 5.54. The number of aliphatic carboxylic acids is 1. The molecule has 0 spiro atoms. The highest BCUT2D eigenvalue weighted by Crippen LogP contribution is 2.42. The van der Waals surface area contributed by atoms with Crippen LogP contribution in [0.3, 0.4) is 0 Å². The van der Waals surface area contributed by atoms with Crippen LogP contribution < -0.4 is 0 Å². The molecular formula is C22H34F2O4. The molecule has 0 aliphatic heterocycles. The summed E-state index contributed by atoms with van der Waals surface area (Å²) in [5.74, 6) is -5.11. The summed E-state index contributed by atoms with van der Waals surface area (Å²) >= 11 is 0. The van der Waals surface area contributed by atoms with Crippen molar-refractivity contribution in [3.05, 3.63) is 23.8 Å². The van der Waals surface area contributed by atoms with Gasteiger partial charge in [-0.1, -0.05) is 44.4 Å². The lowest BCUT2D eigenvalue weighted by atomic mass is 9.76. The average Bonchev–Trinajstić information content (AvgIpc) is 2.88. The molecule has 0 saturated heterocycles. The molecule has 0 fully saturated rings. The minimum atomic E-state index is -3.17. The van der Waals surface area contributed by atoms with Crippen LogP contribution in [0.5, 0.6) is 0 Å². The van der Waals surface area contributed by atoms with Crippen molar-refractivity contribution in [2.45, 2.75) is 84.2 Å². The Morgan fingerprint density at radius 2 is 2.00 bits per heavy atom. The highest BCUT2D eigenvalue weighted by Gasteiger charge is 2.44. The first-order valence-electron chi connectivity index (χ1n) is 10.2. The highest BCUT2D eigenvalue weighted by atomic mass is 19.3. The molecular weight excluding hydrogens is 366 g/mol. The number of carboxylic acid groups (broad SMARTS) is 1. The van der Waals surface area contributed by atoms with Crippen LogP contribution in [0, 0.1) is 17.8 Å². The zero-order valence-corrected chi connectivity index (χ0v) is 17.2. The fraction of sp³-hybridized carbons (Fsp3) is 0.727. The minimum absolute atomic E-state index is 0.0422. The Bertz CT molecular complexity index is 583. The van der Waals surface area contributed by atoms with E-state index in [1.54, 1.807) is 19.9 Å². The Balaban J connectivity index is 2.68. The molecule has 0 heterocycles. The normalized spacial score (nSPS) is 22.5. The summed E-state index contributed by atoms with van der Waals surface area (Å²) < 4.78 is 28.9. The van der Waals surface area contributed by atoms with E-state index in [0.717, 1.165) is 12.0 Å². The largest absolute Gasteiger partial charge is 0.481 e.